The van der Waals surface area contributed by atoms with Gasteiger partial charge in [0.05, 0.1) is 19.5 Å². The smallest absolute Gasteiger partial charge is 0.341 e. The van der Waals surface area contributed by atoms with E-state index >= 15 is 0 Å². The number of hydrogen-bond donors (Lipinski definition) is 3. The molecule has 0 fully saturated rings. The van der Waals surface area contributed by atoms with Gasteiger partial charge in [0, 0.05) is 27.1 Å². The van der Waals surface area contributed by atoms with Crippen LogP contribution in [0.2, 0.25) is 0 Å². The fraction of sp³-hybridized carbons (Fsp3) is 0.128. The molecule has 3 amide bonds. The van der Waals surface area contributed by atoms with Gasteiger partial charge in [-0.1, -0.05) is 66.2 Å². The number of benzene rings is 4. The zero-order valence-corrected chi connectivity index (χ0v) is 29.3. The Balaban J connectivity index is 1.28. The molecule has 4 aromatic carbocycles. The molecule has 5 aromatic rings. The Labute approximate surface area is 298 Å². The van der Waals surface area contributed by atoms with E-state index in [9.17, 15) is 19.2 Å². The Morgan fingerprint density at radius 1 is 0.860 bits per heavy atom. The largest absolute Gasteiger partial charge is 0.497 e. The first-order valence-electron chi connectivity index (χ1n) is 15.7. The number of methoxy groups -OCH3 is 1. The van der Waals surface area contributed by atoms with E-state index in [1.165, 1.54) is 23.1 Å². The van der Waals surface area contributed by atoms with Gasteiger partial charge >= 0.3 is 5.97 Å². The second kappa shape index (κ2) is 17.1. The summed E-state index contributed by atoms with van der Waals surface area (Å²) in [6.07, 6.45) is 1.57. The maximum Gasteiger partial charge on any atom is 0.341 e. The number of anilines is 2. The molecule has 0 spiro atoms. The molecule has 0 atom stereocenters. The first-order chi connectivity index (χ1) is 24.2. The molecule has 5 rings (SSSR count). The number of carbonyl (C=O) groups is 4. The molecule has 0 aliphatic heterocycles. The van der Waals surface area contributed by atoms with Crippen molar-refractivity contribution in [2.24, 2.45) is 0 Å². The minimum atomic E-state index is -0.537. The van der Waals surface area contributed by atoms with Crippen molar-refractivity contribution >= 4 is 63.6 Å². The predicted octanol–water partition coefficient (Wildman–Crippen LogP) is 8.05. The van der Waals surface area contributed by atoms with Crippen LogP contribution < -0.4 is 20.7 Å². The number of thiophene rings is 1. The highest BCUT2D eigenvalue weighted by atomic mass is 32.2. The van der Waals surface area contributed by atoms with Crippen LogP contribution >= 0.6 is 23.1 Å². The van der Waals surface area contributed by atoms with Crippen molar-refractivity contribution in [3.8, 4) is 16.9 Å². The minimum absolute atomic E-state index is 0.0305. The van der Waals surface area contributed by atoms with Crippen molar-refractivity contribution in [1.29, 1.82) is 0 Å². The number of ether oxygens (including phenoxy) is 2. The molecule has 0 saturated heterocycles. The molecule has 0 saturated carbocycles. The summed E-state index contributed by atoms with van der Waals surface area (Å²) in [5, 5.41) is 10.7. The van der Waals surface area contributed by atoms with Crippen LogP contribution in [0, 0.1) is 6.92 Å². The van der Waals surface area contributed by atoms with Crippen molar-refractivity contribution in [2.75, 3.05) is 30.1 Å². The van der Waals surface area contributed by atoms with Gasteiger partial charge in [-0.15, -0.1) is 23.1 Å². The van der Waals surface area contributed by atoms with Crippen LogP contribution in [-0.2, 0) is 14.3 Å². The fourth-order valence-electron chi connectivity index (χ4n) is 4.82. The topological polar surface area (TPSA) is 123 Å². The van der Waals surface area contributed by atoms with Gasteiger partial charge in [0.1, 0.15) is 22.0 Å². The van der Waals surface area contributed by atoms with Gasteiger partial charge in [-0.25, -0.2) is 4.79 Å². The molecule has 3 N–H and O–H groups in total. The Hall–Kier alpha value is -5.65. The molecule has 1 aromatic heterocycles. The number of hydrogen-bond acceptors (Lipinski definition) is 8. The second-order valence-corrected chi connectivity index (χ2v) is 12.8. The highest BCUT2D eigenvalue weighted by Crippen LogP contribution is 2.36. The van der Waals surface area contributed by atoms with Gasteiger partial charge in [-0.2, -0.15) is 0 Å². The van der Waals surface area contributed by atoms with Crippen LogP contribution in [0.5, 0.6) is 5.75 Å². The first kappa shape index (κ1) is 35.7. The van der Waals surface area contributed by atoms with E-state index in [2.05, 4.69) is 16.0 Å². The third kappa shape index (κ3) is 9.49. The predicted molar refractivity (Wildman–Crippen MR) is 200 cm³/mol. The van der Waals surface area contributed by atoms with Crippen molar-refractivity contribution < 1.29 is 28.7 Å². The number of esters is 1. The van der Waals surface area contributed by atoms with E-state index in [0.717, 1.165) is 16.0 Å². The molecule has 9 nitrogen and oxygen atoms in total. The average Bonchev–Trinajstić information content (AvgIpc) is 3.54. The molecular weight excluding hydrogens is 671 g/mol. The summed E-state index contributed by atoms with van der Waals surface area (Å²) in [5.74, 6) is -1.14. The summed E-state index contributed by atoms with van der Waals surface area (Å²) in [6.45, 7) is 3.93. The molecule has 50 heavy (non-hydrogen) atoms. The van der Waals surface area contributed by atoms with Crippen LogP contribution in [-0.4, -0.2) is 43.2 Å². The Kier molecular flexibility index (Phi) is 12.2. The zero-order chi connectivity index (χ0) is 35.5. The summed E-state index contributed by atoms with van der Waals surface area (Å²) in [6, 6.07) is 30.5. The normalized spacial score (nSPS) is 11.0. The van der Waals surface area contributed by atoms with E-state index in [1.807, 2.05) is 42.6 Å². The number of rotatable bonds is 13. The maximum absolute atomic E-state index is 13.5. The van der Waals surface area contributed by atoms with Crippen LogP contribution in [0.4, 0.5) is 10.7 Å². The quantitative estimate of drug-likeness (QED) is 0.0644. The molecule has 1 heterocycles. The molecule has 0 unspecified atom stereocenters. The fourth-order valence-corrected chi connectivity index (χ4v) is 6.54. The standard InChI is InChI=1S/C39H35N3O6S2/c1-4-48-39(46)35-32(27-18-16-25(2)17-19-27)23-50-38(35)42-34(43)24-49-31-15-9-13-29(22-31)40-37(45)33(21-26-10-8-14-30(20-26)47-3)41-36(44)28-11-6-5-7-12-28/h5-23H,4,24H2,1-3H3,(H,40,45)(H,41,44)(H,42,43)/b33-21-. The van der Waals surface area contributed by atoms with Gasteiger partial charge in [-0.05, 0) is 73.5 Å². The lowest BCUT2D eigenvalue weighted by Gasteiger charge is -2.12. The van der Waals surface area contributed by atoms with Gasteiger partial charge in [-0.3, -0.25) is 14.4 Å². The van der Waals surface area contributed by atoms with Crippen molar-refractivity contribution in [3.63, 3.8) is 0 Å². The summed E-state index contributed by atoms with van der Waals surface area (Å²) >= 11 is 2.53. The van der Waals surface area contributed by atoms with Gasteiger partial charge < -0.3 is 25.4 Å². The zero-order valence-electron chi connectivity index (χ0n) is 27.6. The molecule has 0 aliphatic carbocycles. The number of thioether (sulfide) groups is 1. The van der Waals surface area contributed by atoms with Crippen molar-refractivity contribution in [2.45, 2.75) is 18.7 Å². The van der Waals surface area contributed by atoms with Gasteiger partial charge in [0.25, 0.3) is 11.8 Å². The third-order valence-electron chi connectivity index (χ3n) is 7.28. The second-order valence-electron chi connectivity index (χ2n) is 10.9. The lowest BCUT2D eigenvalue weighted by atomic mass is 10.0. The number of nitrogens with one attached hydrogen (secondary N) is 3. The number of aryl methyl sites for hydroxylation is 1. The SMILES string of the molecule is CCOC(=O)c1c(-c2ccc(C)cc2)csc1NC(=O)CSc1cccc(NC(=O)/C(=C/c2cccc(OC)c2)NC(=O)c2ccccc2)c1. The maximum atomic E-state index is 13.5. The molecule has 11 heteroatoms. The highest BCUT2D eigenvalue weighted by molar-refractivity contribution is 8.00. The van der Waals surface area contributed by atoms with Crippen LogP contribution in [0.1, 0.15) is 38.8 Å². The average molecular weight is 706 g/mol. The Morgan fingerprint density at radius 2 is 1.62 bits per heavy atom. The molecule has 254 valence electrons. The summed E-state index contributed by atoms with van der Waals surface area (Å²) in [7, 11) is 1.55. The monoisotopic (exact) mass is 705 g/mol. The van der Waals surface area contributed by atoms with E-state index < -0.39 is 17.8 Å². The van der Waals surface area contributed by atoms with E-state index in [-0.39, 0.29) is 24.0 Å². The van der Waals surface area contributed by atoms with Gasteiger partial charge in [0.2, 0.25) is 5.91 Å². The summed E-state index contributed by atoms with van der Waals surface area (Å²) < 4.78 is 10.6. The molecule has 0 bridgehead atoms. The van der Waals surface area contributed by atoms with Crippen molar-refractivity contribution in [3.05, 3.63) is 136 Å². The highest BCUT2D eigenvalue weighted by Gasteiger charge is 2.23. The Morgan fingerprint density at radius 3 is 2.36 bits per heavy atom. The molecular formula is C39H35N3O6S2. The third-order valence-corrected chi connectivity index (χ3v) is 9.17. The van der Waals surface area contributed by atoms with E-state index in [0.29, 0.717) is 38.7 Å². The van der Waals surface area contributed by atoms with Crippen LogP contribution in [0.3, 0.4) is 0 Å². The molecule has 0 aliphatic rings. The van der Waals surface area contributed by atoms with Crippen LogP contribution in [0.25, 0.3) is 17.2 Å². The summed E-state index contributed by atoms with van der Waals surface area (Å²) in [5.41, 5.74) is 4.51. The number of amides is 3. The first-order valence-corrected chi connectivity index (χ1v) is 17.5. The Bertz CT molecular complexity index is 2020. The lowest BCUT2D eigenvalue weighted by molar-refractivity contribution is -0.114. The summed E-state index contributed by atoms with van der Waals surface area (Å²) in [4.78, 5) is 53.3. The number of carbonyl (C=O) groups excluding carboxylic acids is 4. The molecule has 0 radical (unpaired) electrons. The van der Waals surface area contributed by atoms with Crippen LogP contribution in [0.15, 0.2) is 119 Å². The van der Waals surface area contributed by atoms with E-state index in [4.69, 9.17) is 9.47 Å². The lowest BCUT2D eigenvalue weighted by Crippen LogP contribution is -2.30. The van der Waals surface area contributed by atoms with E-state index in [1.54, 1.807) is 92.9 Å². The minimum Gasteiger partial charge on any atom is -0.497 e. The van der Waals surface area contributed by atoms with Gasteiger partial charge in [0.15, 0.2) is 0 Å². The van der Waals surface area contributed by atoms with Crippen molar-refractivity contribution in [1.82, 2.24) is 5.32 Å².